The van der Waals surface area contributed by atoms with Crippen LogP contribution >= 0.6 is 0 Å². The SMILES string of the molecule is COC1=C(C)C(C(=O)OC(C)(C)C)=C(C)C(C)(C)C1C=CC(=O)c1ccc(OC)c(C)c1. The Kier molecular flexibility index (Phi) is 7.44. The quantitative estimate of drug-likeness (QED) is 0.309. The van der Waals surface area contributed by atoms with E-state index in [9.17, 15) is 9.59 Å². The first kappa shape index (κ1) is 25.4. The maximum absolute atomic E-state index is 13.0. The van der Waals surface area contributed by atoms with Crippen LogP contribution in [0.15, 0.2) is 52.8 Å². The van der Waals surface area contributed by atoms with Crippen molar-refractivity contribution in [2.75, 3.05) is 14.2 Å². The second kappa shape index (κ2) is 9.35. The third kappa shape index (κ3) is 5.14. The van der Waals surface area contributed by atoms with Gasteiger partial charge in [0.25, 0.3) is 0 Å². The number of carbonyl (C=O) groups excluding carboxylic acids is 2. The fourth-order valence-corrected chi connectivity index (χ4v) is 4.08. The summed E-state index contributed by atoms with van der Waals surface area (Å²) in [5, 5.41) is 0. The summed E-state index contributed by atoms with van der Waals surface area (Å²) in [6, 6.07) is 5.38. The van der Waals surface area contributed by atoms with Crippen molar-refractivity contribution >= 4 is 11.8 Å². The third-order valence-corrected chi connectivity index (χ3v) is 6.09. The first-order chi connectivity index (χ1) is 14.7. The highest BCUT2D eigenvalue weighted by Gasteiger charge is 2.42. The molecule has 0 fully saturated rings. The molecule has 1 aromatic carbocycles. The van der Waals surface area contributed by atoms with Gasteiger partial charge in [-0.25, -0.2) is 4.79 Å². The fraction of sp³-hybridized carbons (Fsp3) is 0.481. The summed E-state index contributed by atoms with van der Waals surface area (Å²) >= 11 is 0. The number of ketones is 1. The lowest BCUT2D eigenvalue weighted by atomic mass is 9.66. The van der Waals surface area contributed by atoms with E-state index in [2.05, 4.69) is 13.8 Å². The van der Waals surface area contributed by atoms with E-state index in [1.165, 1.54) is 0 Å². The molecule has 5 nitrogen and oxygen atoms in total. The van der Waals surface area contributed by atoms with Crippen LogP contribution in [0.5, 0.6) is 5.75 Å². The van der Waals surface area contributed by atoms with Gasteiger partial charge in [-0.15, -0.1) is 0 Å². The first-order valence-corrected chi connectivity index (χ1v) is 10.8. The molecule has 1 unspecified atom stereocenters. The number of aryl methyl sites for hydroxylation is 1. The molecule has 0 aromatic heterocycles. The third-order valence-electron chi connectivity index (χ3n) is 6.09. The van der Waals surface area contributed by atoms with Crippen molar-refractivity contribution in [1.82, 2.24) is 0 Å². The monoisotopic (exact) mass is 440 g/mol. The first-order valence-electron chi connectivity index (χ1n) is 10.8. The lowest BCUT2D eigenvalue weighted by molar-refractivity contribution is -0.149. The van der Waals surface area contributed by atoms with Crippen LogP contribution in [-0.4, -0.2) is 31.6 Å². The molecule has 1 aliphatic rings. The normalized spacial score (nSPS) is 18.8. The van der Waals surface area contributed by atoms with Crippen LogP contribution in [0.3, 0.4) is 0 Å². The topological polar surface area (TPSA) is 61.8 Å². The van der Waals surface area contributed by atoms with E-state index >= 15 is 0 Å². The van der Waals surface area contributed by atoms with Gasteiger partial charge in [0.2, 0.25) is 0 Å². The molecule has 0 bridgehead atoms. The van der Waals surface area contributed by atoms with Gasteiger partial charge in [-0.05, 0) is 76.8 Å². The Morgan fingerprint density at radius 1 is 1.03 bits per heavy atom. The number of ether oxygens (including phenoxy) is 3. The van der Waals surface area contributed by atoms with Crippen molar-refractivity contribution in [3.63, 3.8) is 0 Å². The van der Waals surface area contributed by atoms with Gasteiger partial charge in [0.1, 0.15) is 17.1 Å². The molecule has 0 saturated heterocycles. The molecule has 174 valence electrons. The van der Waals surface area contributed by atoms with Crippen molar-refractivity contribution in [1.29, 1.82) is 0 Å². The lowest BCUT2D eigenvalue weighted by Crippen LogP contribution is -2.35. The molecule has 1 aromatic rings. The Labute approximate surface area is 192 Å². The Bertz CT molecular complexity index is 999. The highest BCUT2D eigenvalue weighted by molar-refractivity contribution is 6.04. The van der Waals surface area contributed by atoms with Gasteiger partial charge < -0.3 is 14.2 Å². The zero-order valence-electron chi connectivity index (χ0n) is 21.0. The molecule has 1 aliphatic carbocycles. The molecule has 0 radical (unpaired) electrons. The molecule has 0 heterocycles. The Morgan fingerprint density at radius 2 is 1.66 bits per heavy atom. The zero-order valence-corrected chi connectivity index (χ0v) is 21.0. The molecule has 0 saturated carbocycles. The van der Waals surface area contributed by atoms with Crippen molar-refractivity contribution in [2.45, 2.75) is 61.0 Å². The van der Waals surface area contributed by atoms with Gasteiger partial charge in [0, 0.05) is 17.1 Å². The summed E-state index contributed by atoms with van der Waals surface area (Å²) in [4.78, 5) is 25.8. The van der Waals surface area contributed by atoms with E-state index in [4.69, 9.17) is 14.2 Å². The van der Waals surface area contributed by atoms with E-state index in [0.29, 0.717) is 16.9 Å². The van der Waals surface area contributed by atoms with Gasteiger partial charge in [-0.3, -0.25) is 4.79 Å². The molecule has 0 aliphatic heterocycles. The van der Waals surface area contributed by atoms with Crippen molar-refractivity contribution in [2.24, 2.45) is 11.3 Å². The van der Waals surface area contributed by atoms with Crippen LogP contribution in [0.25, 0.3) is 0 Å². The maximum atomic E-state index is 13.0. The highest BCUT2D eigenvalue weighted by Crippen LogP contribution is 2.48. The van der Waals surface area contributed by atoms with Gasteiger partial charge >= 0.3 is 5.97 Å². The minimum Gasteiger partial charge on any atom is -0.500 e. The number of allylic oxidation sites excluding steroid dienone is 3. The van der Waals surface area contributed by atoms with Gasteiger partial charge in [0.15, 0.2) is 5.78 Å². The van der Waals surface area contributed by atoms with Gasteiger partial charge in [-0.1, -0.05) is 25.5 Å². The standard InChI is InChI=1S/C27H36O5/c1-16-15-19(11-14-22(16)30-9)21(28)13-12-20-24(31-10)17(2)23(18(3)27(20,7)8)25(29)32-26(4,5)6/h11-15,20H,1-10H3. The van der Waals surface area contributed by atoms with Crippen molar-refractivity contribution in [3.8, 4) is 5.75 Å². The predicted octanol–water partition coefficient (Wildman–Crippen LogP) is 5.98. The van der Waals surface area contributed by atoms with Crippen LogP contribution < -0.4 is 4.74 Å². The van der Waals surface area contributed by atoms with Crippen LogP contribution in [0, 0.1) is 18.3 Å². The highest BCUT2D eigenvalue weighted by atomic mass is 16.6. The smallest absolute Gasteiger partial charge is 0.339 e. The Balaban J connectivity index is 2.44. The van der Waals surface area contributed by atoms with Crippen molar-refractivity contribution < 1.29 is 23.8 Å². The average molecular weight is 441 g/mol. The molecular weight excluding hydrogens is 404 g/mol. The van der Waals surface area contributed by atoms with E-state index in [1.807, 2.05) is 53.7 Å². The van der Waals surface area contributed by atoms with E-state index in [-0.39, 0.29) is 17.7 Å². The summed E-state index contributed by atoms with van der Waals surface area (Å²) in [5.41, 5.74) is 2.64. The molecule has 0 N–H and O–H groups in total. The minimum absolute atomic E-state index is 0.0979. The Hall–Kier alpha value is -2.82. The molecule has 2 rings (SSSR count). The van der Waals surface area contributed by atoms with Crippen LogP contribution in [0.4, 0.5) is 0 Å². The number of benzene rings is 1. The number of esters is 1. The number of methoxy groups -OCH3 is 2. The van der Waals surface area contributed by atoms with Crippen LogP contribution in [0.1, 0.15) is 64.4 Å². The van der Waals surface area contributed by atoms with Gasteiger partial charge in [-0.2, -0.15) is 0 Å². The summed E-state index contributed by atoms with van der Waals surface area (Å²) in [6.45, 7) is 15.4. The van der Waals surface area contributed by atoms with Gasteiger partial charge in [0.05, 0.1) is 19.8 Å². The molecule has 1 atom stereocenters. The molecule has 5 heteroatoms. The summed E-state index contributed by atoms with van der Waals surface area (Å²) in [6.07, 6.45) is 3.46. The second-order valence-electron chi connectivity index (χ2n) is 9.80. The van der Waals surface area contributed by atoms with E-state index < -0.39 is 11.0 Å². The maximum Gasteiger partial charge on any atom is 0.339 e. The largest absolute Gasteiger partial charge is 0.500 e. The fourth-order valence-electron chi connectivity index (χ4n) is 4.08. The molecule has 32 heavy (non-hydrogen) atoms. The predicted molar refractivity (Wildman–Crippen MR) is 127 cm³/mol. The van der Waals surface area contributed by atoms with Crippen molar-refractivity contribution in [3.05, 3.63) is 64.0 Å². The molecule has 0 amide bonds. The number of carbonyl (C=O) groups is 2. The second-order valence-corrected chi connectivity index (χ2v) is 9.80. The number of rotatable bonds is 6. The average Bonchev–Trinajstić information content (AvgIpc) is 2.68. The van der Waals surface area contributed by atoms with E-state index in [0.717, 1.165) is 22.5 Å². The van der Waals surface area contributed by atoms with E-state index in [1.54, 1.807) is 32.4 Å². The minimum atomic E-state index is -0.596. The summed E-state index contributed by atoms with van der Waals surface area (Å²) in [5.74, 6) is 0.745. The molecular formula is C27H36O5. The summed E-state index contributed by atoms with van der Waals surface area (Å²) in [7, 11) is 3.20. The number of hydrogen-bond donors (Lipinski definition) is 0. The Morgan fingerprint density at radius 3 is 2.16 bits per heavy atom. The van der Waals surface area contributed by atoms with Crippen LogP contribution in [0.2, 0.25) is 0 Å². The number of hydrogen-bond acceptors (Lipinski definition) is 5. The molecule has 0 spiro atoms. The van der Waals surface area contributed by atoms with Crippen LogP contribution in [-0.2, 0) is 14.3 Å². The lowest BCUT2D eigenvalue weighted by Gasteiger charge is -2.40. The zero-order chi connectivity index (χ0) is 24.4. The summed E-state index contributed by atoms with van der Waals surface area (Å²) < 4.78 is 16.7.